The van der Waals surface area contributed by atoms with Crippen LogP contribution in [0.15, 0.2) is 18.2 Å². The van der Waals surface area contributed by atoms with Gasteiger partial charge in [-0.1, -0.05) is 22.0 Å². The minimum Gasteiger partial charge on any atom is -0.389 e. The molecule has 3 nitrogen and oxygen atoms in total. The molecule has 0 bridgehead atoms. The van der Waals surface area contributed by atoms with Gasteiger partial charge in [-0.05, 0) is 17.7 Å². The Balaban J connectivity index is 3.20. The lowest BCUT2D eigenvalue weighted by Gasteiger charge is -2.18. The first-order chi connectivity index (χ1) is 8.31. The summed E-state index contributed by atoms with van der Waals surface area (Å²) in [7, 11) is 0. The van der Waals surface area contributed by atoms with Gasteiger partial charge in [0.25, 0.3) is 0 Å². The van der Waals surface area contributed by atoms with E-state index in [4.69, 9.17) is 0 Å². The summed E-state index contributed by atoms with van der Waals surface area (Å²) in [6, 6.07) is 2.39. The van der Waals surface area contributed by atoms with Crippen LogP contribution in [0.2, 0.25) is 0 Å². The number of aliphatic hydroxyl groups is 2. The first kappa shape index (κ1) is 15.1. The molecule has 0 radical (unpaired) electrons. The molecule has 0 amide bonds. The van der Waals surface area contributed by atoms with E-state index < -0.39 is 23.9 Å². The van der Waals surface area contributed by atoms with Crippen molar-refractivity contribution in [1.29, 1.82) is 0 Å². The van der Waals surface area contributed by atoms with E-state index in [9.17, 15) is 28.2 Å². The monoisotopic (exact) mass is 326 g/mol. The zero-order valence-corrected chi connectivity index (χ0v) is 10.6. The van der Waals surface area contributed by atoms with Crippen LogP contribution in [0.3, 0.4) is 0 Å². The lowest BCUT2D eigenvalue weighted by molar-refractivity contribution is -0.137. The highest BCUT2D eigenvalue weighted by Crippen LogP contribution is 2.32. The third-order valence-electron chi connectivity index (χ3n) is 2.38. The first-order valence-corrected chi connectivity index (χ1v) is 6.01. The van der Waals surface area contributed by atoms with Crippen molar-refractivity contribution in [2.75, 3.05) is 5.33 Å². The molecule has 1 aromatic carbocycles. The molecule has 0 aliphatic carbocycles. The van der Waals surface area contributed by atoms with Crippen molar-refractivity contribution in [3.63, 3.8) is 0 Å². The predicted octanol–water partition coefficient (Wildman–Crippen LogP) is 2.31. The quantitative estimate of drug-likeness (QED) is 0.659. The maximum Gasteiger partial charge on any atom is 0.416 e. The fraction of sp³-hybridized carbons (Fsp3) is 0.364. The summed E-state index contributed by atoms with van der Waals surface area (Å²) >= 11 is 2.93. The van der Waals surface area contributed by atoms with Gasteiger partial charge in [0.1, 0.15) is 12.4 Å². The number of hydrogen-bond acceptors (Lipinski definition) is 3. The summed E-state index contributed by atoms with van der Waals surface area (Å²) in [5.74, 6) is 0. The minimum atomic E-state index is -4.56. The Morgan fingerprint density at radius 1 is 1.33 bits per heavy atom. The minimum absolute atomic E-state index is 0.0352. The highest BCUT2D eigenvalue weighted by atomic mass is 79.9. The number of halogens is 4. The number of hydrogen-bond donors (Lipinski definition) is 2. The topological polar surface area (TPSA) is 57.5 Å². The number of aldehydes is 1. The van der Waals surface area contributed by atoms with E-state index in [2.05, 4.69) is 15.9 Å². The zero-order valence-electron chi connectivity index (χ0n) is 8.99. The van der Waals surface area contributed by atoms with Crippen molar-refractivity contribution in [2.24, 2.45) is 0 Å². The third kappa shape index (κ3) is 3.30. The lowest BCUT2D eigenvalue weighted by Crippen LogP contribution is -2.21. The third-order valence-corrected chi connectivity index (χ3v) is 3.05. The Labute approximate surface area is 109 Å². The normalized spacial score (nSPS) is 15.2. The molecule has 0 heterocycles. The van der Waals surface area contributed by atoms with Crippen molar-refractivity contribution in [3.8, 4) is 0 Å². The number of alkyl halides is 4. The first-order valence-electron chi connectivity index (χ1n) is 4.89. The number of benzene rings is 1. The summed E-state index contributed by atoms with van der Waals surface area (Å²) in [6.45, 7) is 0. The zero-order chi connectivity index (χ0) is 13.9. The maximum absolute atomic E-state index is 12.4. The molecule has 0 aromatic heterocycles. The van der Waals surface area contributed by atoms with E-state index >= 15 is 0 Å². The van der Waals surface area contributed by atoms with Crippen LogP contribution >= 0.6 is 15.9 Å². The van der Waals surface area contributed by atoms with E-state index in [-0.39, 0.29) is 22.7 Å². The van der Waals surface area contributed by atoms with Gasteiger partial charge in [-0.3, -0.25) is 4.79 Å². The van der Waals surface area contributed by atoms with Gasteiger partial charge in [0.05, 0.1) is 11.7 Å². The largest absolute Gasteiger partial charge is 0.416 e. The van der Waals surface area contributed by atoms with Crippen LogP contribution in [0, 0.1) is 0 Å². The molecule has 7 heteroatoms. The van der Waals surface area contributed by atoms with Gasteiger partial charge >= 0.3 is 6.18 Å². The molecule has 0 saturated heterocycles. The Morgan fingerprint density at radius 3 is 2.39 bits per heavy atom. The van der Waals surface area contributed by atoms with Crippen LogP contribution in [0.4, 0.5) is 13.2 Å². The molecular weight excluding hydrogens is 317 g/mol. The van der Waals surface area contributed by atoms with Crippen LogP contribution in [-0.2, 0) is 6.18 Å². The van der Waals surface area contributed by atoms with Gasteiger partial charge in [-0.25, -0.2) is 0 Å². The molecule has 100 valence electrons. The molecule has 0 fully saturated rings. The fourth-order valence-electron chi connectivity index (χ4n) is 1.41. The molecule has 1 rings (SSSR count). The highest BCUT2D eigenvalue weighted by Gasteiger charge is 2.32. The van der Waals surface area contributed by atoms with E-state index in [1.54, 1.807) is 0 Å². The maximum atomic E-state index is 12.4. The van der Waals surface area contributed by atoms with Crippen molar-refractivity contribution < 1.29 is 28.2 Å². The molecule has 0 aliphatic heterocycles. The molecule has 2 unspecified atom stereocenters. The van der Waals surface area contributed by atoms with Crippen LogP contribution in [0.25, 0.3) is 0 Å². The van der Waals surface area contributed by atoms with Gasteiger partial charge in [-0.2, -0.15) is 13.2 Å². The summed E-state index contributed by atoms with van der Waals surface area (Å²) < 4.78 is 37.3. The summed E-state index contributed by atoms with van der Waals surface area (Å²) in [5.41, 5.74) is -1.31. The average Bonchev–Trinajstić information content (AvgIpc) is 2.35. The highest BCUT2D eigenvalue weighted by molar-refractivity contribution is 9.09. The summed E-state index contributed by atoms with van der Waals surface area (Å²) in [5, 5.41) is 19.1. The number of carbonyl (C=O) groups excluding carboxylic acids is 1. The average molecular weight is 327 g/mol. The number of aliphatic hydroxyl groups excluding tert-OH is 2. The van der Waals surface area contributed by atoms with E-state index in [0.717, 1.165) is 12.1 Å². The second-order valence-electron chi connectivity index (χ2n) is 3.63. The van der Waals surface area contributed by atoms with E-state index in [1.807, 2.05) is 0 Å². The van der Waals surface area contributed by atoms with Gasteiger partial charge in [0.2, 0.25) is 0 Å². The Bertz CT molecular complexity index is 434. The van der Waals surface area contributed by atoms with E-state index in [1.165, 1.54) is 0 Å². The van der Waals surface area contributed by atoms with Gasteiger partial charge in [0.15, 0.2) is 0 Å². The van der Waals surface area contributed by atoms with Crippen LogP contribution in [0.1, 0.15) is 27.6 Å². The van der Waals surface area contributed by atoms with E-state index in [0.29, 0.717) is 6.07 Å². The molecule has 2 N–H and O–H groups in total. The Kier molecular flexibility index (Phi) is 4.89. The Hall–Kier alpha value is -0.920. The van der Waals surface area contributed by atoms with Crippen molar-refractivity contribution in [3.05, 3.63) is 34.9 Å². The molecule has 1 aromatic rings. The SMILES string of the molecule is O=Cc1cc(C(F)(F)F)ccc1C(O)C(O)CBr. The second-order valence-corrected chi connectivity index (χ2v) is 4.27. The molecule has 0 spiro atoms. The van der Waals surface area contributed by atoms with Crippen molar-refractivity contribution in [2.45, 2.75) is 18.4 Å². The van der Waals surface area contributed by atoms with Gasteiger partial charge < -0.3 is 10.2 Å². The summed E-state index contributed by atoms with van der Waals surface area (Å²) in [6.07, 6.45) is -6.98. The lowest BCUT2D eigenvalue weighted by atomic mass is 9.97. The molecule has 2 atom stereocenters. The molecule has 0 saturated carbocycles. The number of rotatable bonds is 4. The molecule has 0 aliphatic rings. The van der Waals surface area contributed by atoms with Crippen LogP contribution in [0.5, 0.6) is 0 Å². The molecular formula is C11H10BrF3O3. The van der Waals surface area contributed by atoms with Crippen LogP contribution < -0.4 is 0 Å². The van der Waals surface area contributed by atoms with Crippen LogP contribution in [-0.4, -0.2) is 27.9 Å². The molecule has 18 heavy (non-hydrogen) atoms. The predicted molar refractivity (Wildman–Crippen MR) is 61.6 cm³/mol. The summed E-state index contributed by atoms with van der Waals surface area (Å²) in [4.78, 5) is 10.8. The smallest absolute Gasteiger partial charge is 0.389 e. The van der Waals surface area contributed by atoms with Crippen molar-refractivity contribution >= 4 is 22.2 Å². The standard InChI is InChI=1S/C11H10BrF3O3/c12-4-9(17)10(18)8-2-1-7(11(13,14)15)3-6(8)5-16/h1-3,5,9-10,17-18H,4H2. The fourth-order valence-corrected chi connectivity index (χ4v) is 1.77. The van der Waals surface area contributed by atoms with Gasteiger partial charge in [-0.15, -0.1) is 0 Å². The second kappa shape index (κ2) is 5.81. The Morgan fingerprint density at radius 2 is 1.94 bits per heavy atom. The van der Waals surface area contributed by atoms with Gasteiger partial charge in [0, 0.05) is 10.9 Å². The number of carbonyl (C=O) groups is 1. The van der Waals surface area contributed by atoms with Crippen molar-refractivity contribution in [1.82, 2.24) is 0 Å².